The maximum atomic E-state index is 13.5. The minimum atomic E-state index is -0.992. The largest absolute Gasteiger partial charge is 0.352 e. The molecule has 0 unspecified atom stereocenters. The lowest BCUT2D eigenvalue weighted by molar-refractivity contribution is -0.120. The summed E-state index contributed by atoms with van der Waals surface area (Å²) in [6.45, 7) is 3.17. The van der Waals surface area contributed by atoms with Crippen molar-refractivity contribution in [3.8, 4) is 0 Å². The van der Waals surface area contributed by atoms with Crippen molar-refractivity contribution in [3.63, 3.8) is 0 Å². The third-order valence-electron chi connectivity index (χ3n) is 2.09. The molecular formula is C12H13BrF2N2O2. The van der Waals surface area contributed by atoms with Gasteiger partial charge in [-0.15, -0.1) is 0 Å². The molecule has 0 saturated heterocycles. The Morgan fingerprint density at radius 3 is 2.26 bits per heavy atom. The molecule has 1 aromatic carbocycles. The first-order chi connectivity index (χ1) is 8.81. The third kappa shape index (κ3) is 4.59. The molecular weight excluding hydrogens is 322 g/mol. The van der Waals surface area contributed by atoms with Gasteiger partial charge in [-0.2, -0.15) is 0 Å². The number of rotatable bonds is 4. The summed E-state index contributed by atoms with van der Waals surface area (Å²) in [6, 6.07) is 1.88. The molecule has 0 saturated carbocycles. The fraction of sp³-hybridized carbons (Fsp3) is 0.333. The van der Waals surface area contributed by atoms with E-state index in [1.54, 1.807) is 13.8 Å². The topological polar surface area (TPSA) is 58.2 Å². The van der Waals surface area contributed by atoms with E-state index in [-0.39, 0.29) is 17.1 Å². The summed E-state index contributed by atoms with van der Waals surface area (Å²) >= 11 is 2.91. The monoisotopic (exact) mass is 334 g/mol. The van der Waals surface area contributed by atoms with Gasteiger partial charge in [0.25, 0.3) is 5.91 Å². The average molecular weight is 335 g/mol. The molecule has 0 heterocycles. The molecule has 104 valence electrons. The van der Waals surface area contributed by atoms with Gasteiger partial charge >= 0.3 is 0 Å². The van der Waals surface area contributed by atoms with Crippen molar-refractivity contribution in [2.45, 2.75) is 19.9 Å². The SMILES string of the molecule is CC(C)NC(=O)CNC(=O)c1c(F)cc(Br)cc1F. The van der Waals surface area contributed by atoms with Gasteiger partial charge in [-0.1, -0.05) is 15.9 Å². The predicted octanol–water partition coefficient (Wildman–Crippen LogP) is 1.98. The lowest BCUT2D eigenvalue weighted by atomic mass is 10.2. The second-order valence-electron chi connectivity index (χ2n) is 4.15. The van der Waals surface area contributed by atoms with Gasteiger partial charge < -0.3 is 10.6 Å². The Balaban J connectivity index is 2.72. The molecule has 0 spiro atoms. The Morgan fingerprint density at radius 2 is 1.79 bits per heavy atom. The molecule has 0 aliphatic carbocycles. The second kappa shape index (κ2) is 6.60. The number of hydrogen-bond acceptors (Lipinski definition) is 2. The van der Waals surface area contributed by atoms with Gasteiger partial charge in [0.2, 0.25) is 5.91 Å². The molecule has 2 N–H and O–H groups in total. The molecule has 4 nitrogen and oxygen atoms in total. The smallest absolute Gasteiger partial charge is 0.257 e. The Labute approximate surface area is 117 Å². The maximum absolute atomic E-state index is 13.5. The number of hydrogen-bond donors (Lipinski definition) is 2. The average Bonchev–Trinajstić information content (AvgIpc) is 2.23. The van der Waals surface area contributed by atoms with Gasteiger partial charge in [0.15, 0.2) is 0 Å². The Morgan fingerprint density at radius 1 is 1.26 bits per heavy atom. The molecule has 0 aliphatic heterocycles. The molecule has 19 heavy (non-hydrogen) atoms. The summed E-state index contributed by atoms with van der Waals surface area (Å²) in [6.07, 6.45) is 0. The van der Waals surface area contributed by atoms with Gasteiger partial charge in [-0.3, -0.25) is 9.59 Å². The van der Waals surface area contributed by atoms with E-state index in [4.69, 9.17) is 0 Å². The normalized spacial score (nSPS) is 10.4. The van der Waals surface area contributed by atoms with Crippen LogP contribution in [0.5, 0.6) is 0 Å². The number of nitrogens with one attached hydrogen (secondary N) is 2. The van der Waals surface area contributed by atoms with Crippen LogP contribution in [0.3, 0.4) is 0 Å². The van der Waals surface area contributed by atoms with Crippen LogP contribution in [0.25, 0.3) is 0 Å². The zero-order valence-electron chi connectivity index (χ0n) is 10.4. The molecule has 1 aromatic rings. The predicted molar refractivity (Wildman–Crippen MR) is 69.7 cm³/mol. The van der Waals surface area contributed by atoms with Crippen LogP contribution in [0.15, 0.2) is 16.6 Å². The van der Waals surface area contributed by atoms with Crippen LogP contribution >= 0.6 is 15.9 Å². The Bertz CT molecular complexity index is 483. The van der Waals surface area contributed by atoms with E-state index in [1.807, 2.05) is 0 Å². The minimum absolute atomic E-state index is 0.0782. The summed E-state index contributed by atoms with van der Waals surface area (Å²) in [4.78, 5) is 22.9. The van der Waals surface area contributed by atoms with Crippen molar-refractivity contribution in [1.29, 1.82) is 0 Å². The van der Waals surface area contributed by atoms with Crippen molar-refractivity contribution in [2.24, 2.45) is 0 Å². The highest BCUT2D eigenvalue weighted by molar-refractivity contribution is 9.10. The first kappa shape index (κ1) is 15.6. The molecule has 0 aromatic heterocycles. The first-order valence-corrected chi connectivity index (χ1v) is 6.32. The highest BCUT2D eigenvalue weighted by Crippen LogP contribution is 2.19. The highest BCUT2D eigenvalue weighted by atomic mass is 79.9. The van der Waals surface area contributed by atoms with Crippen LogP contribution in [-0.4, -0.2) is 24.4 Å². The Kier molecular flexibility index (Phi) is 5.41. The lowest BCUT2D eigenvalue weighted by Gasteiger charge is -2.10. The minimum Gasteiger partial charge on any atom is -0.352 e. The highest BCUT2D eigenvalue weighted by Gasteiger charge is 2.18. The van der Waals surface area contributed by atoms with E-state index in [2.05, 4.69) is 26.6 Å². The lowest BCUT2D eigenvalue weighted by Crippen LogP contribution is -2.40. The quantitative estimate of drug-likeness (QED) is 0.884. The van der Waals surface area contributed by atoms with Crippen molar-refractivity contribution in [1.82, 2.24) is 10.6 Å². The molecule has 0 fully saturated rings. The van der Waals surface area contributed by atoms with Gasteiger partial charge in [0.05, 0.1) is 6.54 Å². The number of carbonyl (C=O) groups excluding carboxylic acids is 2. The number of amides is 2. The molecule has 2 amide bonds. The maximum Gasteiger partial charge on any atom is 0.257 e. The van der Waals surface area contributed by atoms with Crippen molar-refractivity contribution < 1.29 is 18.4 Å². The van der Waals surface area contributed by atoms with E-state index in [0.29, 0.717) is 0 Å². The second-order valence-corrected chi connectivity index (χ2v) is 5.07. The summed E-state index contributed by atoms with van der Waals surface area (Å²) < 4.78 is 27.1. The summed E-state index contributed by atoms with van der Waals surface area (Å²) in [5, 5.41) is 4.70. The fourth-order valence-electron chi connectivity index (χ4n) is 1.38. The van der Waals surface area contributed by atoms with Crippen molar-refractivity contribution in [3.05, 3.63) is 33.8 Å². The molecule has 0 radical (unpaired) electrons. The van der Waals surface area contributed by atoms with Crippen LogP contribution < -0.4 is 10.6 Å². The molecule has 0 aliphatic rings. The van der Waals surface area contributed by atoms with Crippen molar-refractivity contribution in [2.75, 3.05) is 6.54 Å². The molecule has 0 bridgehead atoms. The summed E-state index contributed by atoms with van der Waals surface area (Å²) in [5.41, 5.74) is -0.708. The number of benzene rings is 1. The van der Waals surface area contributed by atoms with E-state index < -0.39 is 29.0 Å². The molecule has 7 heteroatoms. The van der Waals surface area contributed by atoms with Gasteiger partial charge in [-0.05, 0) is 26.0 Å². The zero-order chi connectivity index (χ0) is 14.6. The van der Waals surface area contributed by atoms with E-state index in [9.17, 15) is 18.4 Å². The van der Waals surface area contributed by atoms with Crippen LogP contribution in [0.2, 0.25) is 0 Å². The van der Waals surface area contributed by atoms with E-state index >= 15 is 0 Å². The molecule has 0 atom stereocenters. The fourth-order valence-corrected chi connectivity index (χ4v) is 1.78. The first-order valence-electron chi connectivity index (χ1n) is 5.53. The van der Waals surface area contributed by atoms with Gasteiger partial charge in [-0.25, -0.2) is 8.78 Å². The van der Waals surface area contributed by atoms with E-state index in [1.165, 1.54) is 0 Å². The third-order valence-corrected chi connectivity index (χ3v) is 2.55. The van der Waals surface area contributed by atoms with E-state index in [0.717, 1.165) is 12.1 Å². The van der Waals surface area contributed by atoms with Crippen molar-refractivity contribution >= 4 is 27.7 Å². The van der Waals surface area contributed by atoms with Crippen LogP contribution in [0, 0.1) is 11.6 Å². The number of halogens is 3. The number of carbonyl (C=O) groups is 2. The van der Waals surface area contributed by atoms with Crippen LogP contribution in [0.1, 0.15) is 24.2 Å². The standard InChI is InChI=1S/C12H13BrF2N2O2/c1-6(2)17-10(18)5-16-12(19)11-8(14)3-7(13)4-9(11)15/h3-4,6H,5H2,1-2H3,(H,16,19)(H,17,18). The zero-order valence-corrected chi connectivity index (χ0v) is 12.0. The summed E-state index contributed by atoms with van der Waals surface area (Å²) in [7, 11) is 0. The molecule has 1 rings (SSSR count). The van der Waals surface area contributed by atoms with Gasteiger partial charge in [0, 0.05) is 10.5 Å². The summed E-state index contributed by atoms with van der Waals surface area (Å²) in [5.74, 6) is -3.38. The Hall–Kier alpha value is -1.50. The van der Waals surface area contributed by atoms with Crippen LogP contribution in [-0.2, 0) is 4.79 Å². The van der Waals surface area contributed by atoms with Gasteiger partial charge in [0.1, 0.15) is 17.2 Å². The van der Waals surface area contributed by atoms with Crippen LogP contribution in [0.4, 0.5) is 8.78 Å².